The van der Waals surface area contributed by atoms with Crippen molar-refractivity contribution < 1.29 is 4.79 Å². The lowest BCUT2D eigenvalue weighted by Crippen LogP contribution is -2.33. The van der Waals surface area contributed by atoms with Crippen molar-refractivity contribution in [3.63, 3.8) is 0 Å². The van der Waals surface area contributed by atoms with Crippen molar-refractivity contribution in [2.24, 2.45) is 0 Å². The standard InChI is InChI=1S/C19H19N3O/c1-13-5-3-7-19-20-17(12-22(13)19)15-8-9-18-16(11-15)6-4-10-21(18)14(2)23/h3,5,7-9,11-12H,4,6,10H2,1-2H3. The van der Waals surface area contributed by atoms with E-state index in [2.05, 4.69) is 41.8 Å². The lowest BCUT2D eigenvalue weighted by atomic mass is 9.98. The summed E-state index contributed by atoms with van der Waals surface area (Å²) in [6.45, 7) is 4.53. The van der Waals surface area contributed by atoms with Crippen LogP contribution in [0.5, 0.6) is 0 Å². The monoisotopic (exact) mass is 305 g/mol. The highest BCUT2D eigenvalue weighted by Crippen LogP contribution is 2.31. The van der Waals surface area contributed by atoms with Gasteiger partial charge in [0.1, 0.15) is 5.65 Å². The molecule has 0 atom stereocenters. The van der Waals surface area contributed by atoms with E-state index in [9.17, 15) is 4.79 Å². The topological polar surface area (TPSA) is 37.6 Å². The van der Waals surface area contributed by atoms with Crippen molar-refractivity contribution in [1.29, 1.82) is 0 Å². The molecule has 1 aromatic carbocycles. The van der Waals surface area contributed by atoms with E-state index in [0.717, 1.165) is 42.0 Å². The number of hydrogen-bond acceptors (Lipinski definition) is 2. The van der Waals surface area contributed by atoms with Gasteiger partial charge in [-0.05, 0) is 49.6 Å². The molecule has 0 bridgehead atoms. The first-order valence-corrected chi connectivity index (χ1v) is 7.99. The third kappa shape index (κ3) is 2.31. The Morgan fingerprint density at radius 2 is 2.09 bits per heavy atom. The highest BCUT2D eigenvalue weighted by molar-refractivity contribution is 5.93. The van der Waals surface area contributed by atoms with Gasteiger partial charge in [0.25, 0.3) is 0 Å². The number of rotatable bonds is 1. The highest BCUT2D eigenvalue weighted by atomic mass is 16.2. The van der Waals surface area contributed by atoms with Gasteiger partial charge < -0.3 is 9.30 Å². The average molecular weight is 305 g/mol. The van der Waals surface area contributed by atoms with Crippen LogP contribution in [0.3, 0.4) is 0 Å². The minimum atomic E-state index is 0.113. The number of aromatic nitrogens is 2. The Morgan fingerprint density at radius 1 is 1.22 bits per heavy atom. The summed E-state index contributed by atoms with van der Waals surface area (Å²) < 4.78 is 2.11. The number of amides is 1. The Kier molecular flexibility index (Phi) is 3.18. The molecule has 1 aliphatic heterocycles. The van der Waals surface area contributed by atoms with Crippen LogP contribution < -0.4 is 4.90 Å². The van der Waals surface area contributed by atoms with Crippen LogP contribution >= 0.6 is 0 Å². The minimum absolute atomic E-state index is 0.113. The normalized spacial score (nSPS) is 14.1. The predicted molar refractivity (Wildman–Crippen MR) is 91.7 cm³/mol. The molecule has 4 heteroatoms. The van der Waals surface area contributed by atoms with E-state index in [0.29, 0.717) is 0 Å². The number of fused-ring (bicyclic) bond motifs is 2. The van der Waals surface area contributed by atoms with E-state index in [1.807, 2.05) is 17.0 Å². The molecule has 3 aromatic rings. The second-order valence-electron chi connectivity index (χ2n) is 6.14. The van der Waals surface area contributed by atoms with Crippen LogP contribution in [0.2, 0.25) is 0 Å². The van der Waals surface area contributed by atoms with Crippen molar-refractivity contribution in [1.82, 2.24) is 9.38 Å². The number of hydrogen-bond donors (Lipinski definition) is 0. The highest BCUT2D eigenvalue weighted by Gasteiger charge is 2.20. The molecule has 1 amide bonds. The van der Waals surface area contributed by atoms with Crippen molar-refractivity contribution >= 4 is 17.2 Å². The number of aryl methyl sites for hydroxylation is 2. The average Bonchev–Trinajstić information content (AvgIpc) is 2.99. The van der Waals surface area contributed by atoms with E-state index < -0.39 is 0 Å². The van der Waals surface area contributed by atoms with Crippen LogP contribution in [0.4, 0.5) is 5.69 Å². The first kappa shape index (κ1) is 14.0. The van der Waals surface area contributed by atoms with Crippen molar-refractivity contribution in [2.45, 2.75) is 26.7 Å². The molecule has 4 nitrogen and oxygen atoms in total. The number of nitrogens with zero attached hydrogens (tertiary/aromatic N) is 3. The zero-order valence-corrected chi connectivity index (χ0v) is 13.4. The van der Waals surface area contributed by atoms with Crippen LogP contribution in [0.1, 0.15) is 24.6 Å². The molecule has 23 heavy (non-hydrogen) atoms. The van der Waals surface area contributed by atoms with Gasteiger partial charge in [-0.15, -0.1) is 0 Å². The van der Waals surface area contributed by atoms with Gasteiger partial charge in [0.2, 0.25) is 5.91 Å². The second kappa shape index (κ2) is 5.23. The van der Waals surface area contributed by atoms with Crippen molar-refractivity contribution in [3.05, 3.63) is 53.9 Å². The number of carbonyl (C=O) groups excluding carboxylic acids is 1. The maximum absolute atomic E-state index is 11.8. The van der Waals surface area contributed by atoms with Crippen LogP contribution in [0.25, 0.3) is 16.9 Å². The fourth-order valence-electron chi connectivity index (χ4n) is 3.37. The largest absolute Gasteiger partial charge is 0.312 e. The maximum Gasteiger partial charge on any atom is 0.223 e. The Balaban J connectivity index is 1.80. The van der Waals surface area contributed by atoms with E-state index in [4.69, 9.17) is 4.98 Å². The lowest BCUT2D eigenvalue weighted by molar-refractivity contribution is -0.116. The van der Waals surface area contributed by atoms with E-state index in [1.54, 1.807) is 6.92 Å². The van der Waals surface area contributed by atoms with Gasteiger partial charge in [0.05, 0.1) is 5.69 Å². The van der Waals surface area contributed by atoms with Crippen LogP contribution in [0, 0.1) is 6.92 Å². The molecule has 0 N–H and O–H groups in total. The molecule has 3 heterocycles. The van der Waals surface area contributed by atoms with E-state index in [1.165, 1.54) is 11.3 Å². The smallest absolute Gasteiger partial charge is 0.223 e. The number of imidazole rings is 1. The Hall–Kier alpha value is -2.62. The minimum Gasteiger partial charge on any atom is -0.312 e. The fourth-order valence-corrected chi connectivity index (χ4v) is 3.37. The number of pyridine rings is 1. The molecule has 1 aliphatic rings. The summed E-state index contributed by atoms with van der Waals surface area (Å²) in [6.07, 6.45) is 4.11. The first-order valence-electron chi connectivity index (χ1n) is 7.99. The summed E-state index contributed by atoms with van der Waals surface area (Å²) in [5, 5.41) is 0. The van der Waals surface area contributed by atoms with E-state index >= 15 is 0 Å². The van der Waals surface area contributed by atoms with Gasteiger partial charge in [-0.3, -0.25) is 4.79 Å². The third-order valence-electron chi connectivity index (χ3n) is 4.57. The summed E-state index contributed by atoms with van der Waals surface area (Å²) in [4.78, 5) is 18.4. The van der Waals surface area contributed by atoms with Crippen molar-refractivity contribution in [2.75, 3.05) is 11.4 Å². The first-order chi connectivity index (χ1) is 11.1. The van der Waals surface area contributed by atoms with E-state index in [-0.39, 0.29) is 5.91 Å². The molecule has 116 valence electrons. The SMILES string of the molecule is CC(=O)N1CCCc2cc(-c3cn4c(C)cccc4n3)ccc21. The molecule has 0 unspecified atom stereocenters. The lowest BCUT2D eigenvalue weighted by Gasteiger charge is -2.28. The van der Waals surface area contributed by atoms with Crippen LogP contribution in [-0.2, 0) is 11.2 Å². The Labute approximate surface area is 135 Å². The molecular weight excluding hydrogens is 286 g/mol. The Bertz CT molecular complexity index is 910. The van der Waals surface area contributed by atoms with Gasteiger partial charge in [0, 0.05) is 36.6 Å². The molecule has 0 fully saturated rings. The third-order valence-corrected chi connectivity index (χ3v) is 4.57. The summed E-state index contributed by atoms with van der Waals surface area (Å²) in [6, 6.07) is 12.4. The maximum atomic E-state index is 11.8. The summed E-state index contributed by atoms with van der Waals surface area (Å²) in [5.41, 5.74) is 6.49. The molecule has 0 saturated carbocycles. The number of benzene rings is 1. The molecular formula is C19H19N3O. The summed E-state index contributed by atoms with van der Waals surface area (Å²) in [5.74, 6) is 0.113. The van der Waals surface area contributed by atoms with Crippen LogP contribution in [0.15, 0.2) is 42.6 Å². The Morgan fingerprint density at radius 3 is 2.87 bits per heavy atom. The van der Waals surface area contributed by atoms with Gasteiger partial charge in [-0.1, -0.05) is 12.1 Å². The molecule has 4 rings (SSSR count). The molecule has 0 spiro atoms. The quantitative estimate of drug-likeness (QED) is 0.689. The number of carbonyl (C=O) groups is 1. The second-order valence-corrected chi connectivity index (χ2v) is 6.14. The van der Waals surface area contributed by atoms with Crippen LogP contribution in [-0.4, -0.2) is 21.8 Å². The van der Waals surface area contributed by atoms with Gasteiger partial charge >= 0.3 is 0 Å². The summed E-state index contributed by atoms with van der Waals surface area (Å²) >= 11 is 0. The fraction of sp³-hybridized carbons (Fsp3) is 0.263. The molecule has 0 aliphatic carbocycles. The van der Waals surface area contributed by atoms with Gasteiger partial charge in [-0.2, -0.15) is 0 Å². The molecule has 0 saturated heterocycles. The van der Waals surface area contributed by atoms with Crippen molar-refractivity contribution in [3.8, 4) is 11.3 Å². The predicted octanol–water partition coefficient (Wildman–Crippen LogP) is 3.61. The zero-order valence-electron chi connectivity index (χ0n) is 13.4. The van der Waals surface area contributed by atoms with Gasteiger partial charge in [-0.25, -0.2) is 4.98 Å². The molecule has 0 radical (unpaired) electrons. The molecule has 2 aromatic heterocycles. The summed E-state index contributed by atoms with van der Waals surface area (Å²) in [7, 11) is 0. The number of anilines is 1. The zero-order chi connectivity index (χ0) is 16.0. The van der Waals surface area contributed by atoms with Gasteiger partial charge in [0.15, 0.2) is 0 Å².